The molecule has 0 aliphatic rings. The number of sulfonamides is 1. The summed E-state index contributed by atoms with van der Waals surface area (Å²) >= 11 is 1.42. The minimum absolute atomic E-state index is 0.0170. The minimum atomic E-state index is -3.31. The molecule has 0 aliphatic carbocycles. The zero-order valence-corrected chi connectivity index (χ0v) is 15.0. The maximum atomic E-state index is 12.3. The van der Waals surface area contributed by atoms with E-state index in [0.717, 1.165) is 17.5 Å². The molecule has 0 fully saturated rings. The number of hydrogen-bond donors (Lipinski definition) is 2. The zero-order valence-electron chi connectivity index (χ0n) is 13.3. The van der Waals surface area contributed by atoms with Crippen LogP contribution in [0.15, 0.2) is 29.6 Å². The first-order chi connectivity index (χ1) is 10.9. The van der Waals surface area contributed by atoms with E-state index in [9.17, 15) is 13.2 Å². The normalized spacial score (nSPS) is 11.3. The molecule has 1 aromatic carbocycles. The number of carbonyl (C=O) groups excluding carboxylic acids is 1. The fraction of sp³-hybridized carbons (Fsp3) is 0.312. The Labute approximate surface area is 140 Å². The molecule has 1 amide bonds. The molecule has 0 saturated heterocycles. The number of aryl methyl sites for hydroxylation is 2. The third-order valence-electron chi connectivity index (χ3n) is 3.46. The molecule has 5 nitrogen and oxygen atoms in total. The van der Waals surface area contributed by atoms with Crippen molar-refractivity contribution in [3.8, 4) is 0 Å². The third kappa shape index (κ3) is 4.33. The molecule has 0 atom stereocenters. The summed E-state index contributed by atoms with van der Waals surface area (Å²) in [6.45, 7) is 5.39. The summed E-state index contributed by atoms with van der Waals surface area (Å²) in [7, 11) is -3.31. The van der Waals surface area contributed by atoms with Crippen molar-refractivity contribution in [1.82, 2.24) is 0 Å². The number of thiophene rings is 1. The maximum absolute atomic E-state index is 12.3. The smallest absolute Gasteiger partial charge is 0.266 e. The van der Waals surface area contributed by atoms with E-state index in [2.05, 4.69) is 10.0 Å². The standard InChI is InChI=1S/C16H20N2O3S2/c1-4-12-8-9-22-15(12)16(19)17-13-6-7-14(11(3)10-13)18-23(20,21)5-2/h6-10,18H,4-5H2,1-3H3,(H,17,19). The van der Waals surface area contributed by atoms with Gasteiger partial charge in [0.05, 0.1) is 16.3 Å². The Morgan fingerprint density at radius 2 is 1.96 bits per heavy atom. The van der Waals surface area contributed by atoms with E-state index in [0.29, 0.717) is 16.3 Å². The van der Waals surface area contributed by atoms with E-state index >= 15 is 0 Å². The SMILES string of the molecule is CCc1ccsc1C(=O)Nc1ccc(NS(=O)(=O)CC)c(C)c1. The van der Waals surface area contributed by atoms with Crippen LogP contribution >= 0.6 is 11.3 Å². The predicted octanol–water partition coefficient (Wildman–Crippen LogP) is 3.63. The Morgan fingerprint density at radius 3 is 2.57 bits per heavy atom. The number of carbonyl (C=O) groups is 1. The first-order valence-electron chi connectivity index (χ1n) is 7.35. The van der Waals surface area contributed by atoms with Crippen molar-refractivity contribution in [3.05, 3.63) is 45.6 Å². The van der Waals surface area contributed by atoms with Crippen molar-refractivity contribution < 1.29 is 13.2 Å². The summed E-state index contributed by atoms with van der Waals surface area (Å²) in [5.41, 5.74) is 2.94. The number of benzene rings is 1. The van der Waals surface area contributed by atoms with Crippen LogP contribution in [-0.4, -0.2) is 20.1 Å². The summed E-state index contributed by atoms with van der Waals surface area (Å²) in [5, 5.41) is 4.76. The number of rotatable bonds is 6. The zero-order chi connectivity index (χ0) is 17.0. The second-order valence-corrected chi connectivity index (χ2v) is 8.04. The van der Waals surface area contributed by atoms with Crippen molar-refractivity contribution in [2.75, 3.05) is 15.8 Å². The van der Waals surface area contributed by atoms with E-state index in [4.69, 9.17) is 0 Å². The Balaban J connectivity index is 2.16. The topological polar surface area (TPSA) is 75.3 Å². The lowest BCUT2D eigenvalue weighted by atomic mass is 10.1. The molecule has 1 heterocycles. The molecule has 124 valence electrons. The molecular formula is C16H20N2O3S2. The lowest BCUT2D eigenvalue weighted by molar-refractivity contribution is 0.103. The van der Waals surface area contributed by atoms with Crippen LogP contribution in [0.4, 0.5) is 11.4 Å². The van der Waals surface area contributed by atoms with Gasteiger partial charge in [-0.1, -0.05) is 6.92 Å². The molecule has 0 saturated carbocycles. The van der Waals surface area contributed by atoms with Crippen LogP contribution in [0, 0.1) is 6.92 Å². The predicted molar refractivity (Wildman–Crippen MR) is 95.9 cm³/mol. The van der Waals surface area contributed by atoms with Gasteiger partial charge < -0.3 is 5.32 Å². The Bertz CT molecular complexity index is 810. The van der Waals surface area contributed by atoms with E-state index < -0.39 is 10.0 Å². The van der Waals surface area contributed by atoms with Crippen LogP contribution in [0.25, 0.3) is 0 Å². The molecule has 0 radical (unpaired) electrons. The summed E-state index contributed by atoms with van der Waals surface area (Å²) in [5.74, 6) is -0.124. The van der Waals surface area contributed by atoms with Gasteiger partial charge >= 0.3 is 0 Å². The third-order valence-corrected chi connectivity index (χ3v) is 5.71. The molecule has 2 N–H and O–H groups in total. The van der Waals surface area contributed by atoms with E-state index in [1.807, 2.05) is 18.4 Å². The number of amides is 1. The van der Waals surface area contributed by atoms with E-state index in [-0.39, 0.29) is 11.7 Å². The molecule has 2 aromatic rings. The fourth-order valence-electron chi connectivity index (χ4n) is 2.10. The number of nitrogens with one attached hydrogen (secondary N) is 2. The van der Waals surface area contributed by atoms with Gasteiger partial charge in [0, 0.05) is 5.69 Å². The average Bonchev–Trinajstić information content (AvgIpc) is 2.98. The fourth-order valence-corrected chi connectivity index (χ4v) is 3.70. The van der Waals surface area contributed by atoms with Gasteiger partial charge in [0.15, 0.2) is 0 Å². The number of anilines is 2. The van der Waals surface area contributed by atoms with Crippen molar-refractivity contribution >= 4 is 38.6 Å². The van der Waals surface area contributed by atoms with Crippen molar-refractivity contribution in [2.24, 2.45) is 0 Å². The Morgan fingerprint density at radius 1 is 1.22 bits per heavy atom. The highest BCUT2D eigenvalue weighted by molar-refractivity contribution is 7.92. The lowest BCUT2D eigenvalue weighted by Crippen LogP contribution is -2.16. The largest absolute Gasteiger partial charge is 0.321 e. The molecule has 23 heavy (non-hydrogen) atoms. The van der Waals surface area contributed by atoms with Crippen LogP contribution in [0.2, 0.25) is 0 Å². The average molecular weight is 352 g/mol. The molecule has 1 aromatic heterocycles. The molecular weight excluding hydrogens is 332 g/mol. The van der Waals surface area contributed by atoms with Crippen molar-refractivity contribution in [3.63, 3.8) is 0 Å². The van der Waals surface area contributed by atoms with Crippen molar-refractivity contribution in [1.29, 1.82) is 0 Å². The highest BCUT2D eigenvalue weighted by Gasteiger charge is 2.13. The quantitative estimate of drug-likeness (QED) is 0.833. The molecule has 2 rings (SSSR count). The molecule has 0 bridgehead atoms. The van der Waals surface area contributed by atoms with Crippen LogP contribution < -0.4 is 10.0 Å². The van der Waals surface area contributed by atoms with Gasteiger partial charge in [-0.25, -0.2) is 8.42 Å². The summed E-state index contributed by atoms with van der Waals surface area (Å²) in [4.78, 5) is 13.0. The molecule has 0 unspecified atom stereocenters. The van der Waals surface area contributed by atoms with Gasteiger partial charge in [0.25, 0.3) is 5.91 Å². The molecule has 7 heteroatoms. The highest BCUT2D eigenvalue weighted by atomic mass is 32.2. The summed E-state index contributed by atoms with van der Waals surface area (Å²) in [6.07, 6.45) is 0.809. The summed E-state index contributed by atoms with van der Waals surface area (Å²) in [6, 6.07) is 7.06. The first-order valence-corrected chi connectivity index (χ1v) is 9.88. The van der Waals surface area contributed by atoms with Crippen LogP contribution in [-0.2, 0) is 16.4 Å². The summed E-state index contributed by atoms with van der Waals surface area (Å²) < 4.78 is 25.8. The maximum Gasteiger partial charge on any atom is 0.266 e. The second kappa shape index (κ2) is 7.14. The Hall–Kier alpha value is -1.86. The van der Waals surface area contributed by atoms with Crippen molar-refractivity contribution in [2.45, 2.75) is 27.2 Å². The monoisotopic (exact) mass is 352 g/mol. The van der Waals surface area contributed by atoms with E-state index in [1.165, 1.54) is 11.3 Å². The van der Waals surface area contributed by atoms with E-state index in [1.54, 1.807) is 32.0 Å². The first kappa shape index (κ1) is 17.5. The minimum Gasteiger partial charge on any atom is -0.321 e. The Kier molecular flexibility index (Phi) is 5.43. The van der Waals surface area contributed by atoms with Crippen LogP contribution in [0.3, 0.4) is 0 Å². The van der Waals surface area contributed by atoms with Gasteiger partial charge in [-0.05, 0) is 61.0 Å². The van der Waals surface area contributed by atoms with Gasteiger partial charge in [-0.2, -0.15) is 0 Å². The van der Waals surface area contributed by atoms with Gasteiger partial charge in [0.2, 0.25) is 10.0 Å². The molecule has 0 spiro atoms. The molecule has 0 aliphatic heterocycles. The van der Waals surface area contributed by atoms with Gasteiger partial charge in [0.1, 0.15) is 0 Å². The van der Waals surface area contributed by atoms with Gasteiger partial charge in [-0.3, -0.25) is 9.52 Å². The lowest BCUT2D eigenvalue weighted by Gasteiger charge is -2.11. The van der Waals surface area contributed by atoms with Crippen LogP contribution in [0.1, 0.15) is 34.6 Å². The number of hydrogen-bond acceptors (Lipinski definition) is 4. The second-order valence-electron chi connectivity index (χ2n) is 5.12. The van der Waals surface area contributed by atoms with Crippen LogP contribution in [0.5, 0.6) is 0 Å². The van der Waals surface area contributed by atoms with Gasteiger partial charge in [-0.15, -0.1) is 11.3 Å². The highest BCUT2D eigenvalue weighted by Crippen LogP contribution is 2.23.